The predicted octanol–water partition coefficient (Wildman–Crippen LogP) is 2.10. The molecule has 0 saturated carbocycles. The van der Waals surface area contributed by atoms with Gasteiger partial charge >= 0.3 is 0 Å². The second-order valence-corrected chi connectivity index (χ2v) is 6.32. The van der Waals surface area contributed by atoms with E-state index in [1.54, 1.807) is 6.92 Å². The third kappa shape index (κ3) is 2.53. The number of phenolic OH excluding ortho intramolecular Hbond substituents is 3. The smallest absolute Gasteiger partial charge is 0.198 e. The molecule has 0 amide bonds. The van der Waals surface area contributed by atoms with Gasteiger partial charge in [0.25, 0.3) is 0 Å². The highest BCUT2D eigenvalue weighted by Gasteiger charge is 2.37. The van der Waals surface area contributed by atoms with Crippen LogP contribution < -0.4 is 0 Å². The van der Waals surface area contributed by atoms with Crippen LogP contribution in [0.5, 0.6) is 17.2 Å². The first-order chi connectivity index (χ1) is 12.3. The van der Waals surface area contributed by atoms with E-state index in [0.717, 1.165) is 6.07 Å². The number of hydrogen-bond donors (Lipinski definition) is 4. The minimum absolute atomic E-state index is 0.0419. The van der Waals surface area contributed by atoms with Crippen molar-refractivity contribution in [2.75, 3.05) is 0 Å². The number of ketones is 2. The van der Waals surface area contributed by atoms with Gasteiger partial charge in [-0.05, 0) is 23.6 Å². The molecule has 134 valence electrons. The van der Waals surface area contributed by atoms with E-state index in [1.807, 2.05) is 0 Å². The molecule has 1 aliphatic rings. The Hall–Kier alpha value is -3.19. The first-order valence-corrected chi connectivity index (χ1v) is 7.89. The van der Waals surface area contributed by atoms with Crippen molar-refractivity contribution in [3.05, 3.63) is 52.1 Å². The van der Waals surface area contributed by atoms with Crippen LogP contribution in [0.3, 0.4) is 0 Å². The van der Waals surface area contributed by atoms with Crippen molar-refractivity contribution in [3.8, 4) is 17.2 Å². The number of carbonyl (C=O) groups excluding carboxylic acids is 3. The molecule has 0 heterocycles. The number of hydrogen-bond acceptors (Lipinski definition) is 7. The normalized spacial score (nSPS) is 19.1. The number of aromatic hydroxyl groups is 3. The van der Waals surface area contributed by atoms with E-state index in [4.69, 9.17) is 0 Å². The summed E-state index contributed by atoms with van der Waals surface area (Å²) >= 11 is 0. The van der Waals surface area contributed by atoms with Crippen molar-refractivity contribution in [2.24, 2.45) is 5.92 Å². The van der Waals surface area contributed by atoms with Crippen LogP contribution in [0, 0.1) is 5.92 Å². The van der Waals surface area contributed by atoms with Crippen LogP contribution in [0.1, 0.15) is 61.6 Å². The van der Waals surface area contributed by atoms with Crippen molar-refractivity contribution in [3.63, 3.8) is 0 Å². The standard InChI is InChI=1S/C19H16O7/c1-8-5-13(22)15-10(17(8)24)6-14(23)19(26)16(15)18(25)9-3-2-4-12(21)11(9)7-20/h2-4,6-8,17,21,23-24,26H,5H2,1H3/t8-,17-/m0/s1. The predicted molar refractivity (Wildman–Crippen MR) is 89.8 cm³/mol. The highest BCUT2D eigenvalue weighted by Crippen LogP contribution is 2.44. The van der Waals surface area contributed by atoms with Crippen LogP contribution >= 0.6 is 0 Å². The van der Waals surface area contributed by atoms with E-state index in [1.165, 1.54) is 18.2 Å². The van der Waals surface area contributed by atoms with E-state index in [9.17, 15) is 34.8 Å². The van der Waals surface area contributed by atoms with Gasteiger partial charge in [-0.1, -0.05) is 19.1 Å². The van der Waals surface area contributed by atoms with Crippen LogP contribution in [0.25, 0.3) is 0 Å². The van der Waals surface area contributed by atoms with Gasteiger partial charge in [-0.25, -0.2) is 0 Å². The van der Waals surface area contributed by atoms with Crippen molar-refractivity contribution >= 4 is 17.9 Å². The average molecular weight is 356 g/mol. The molecule has 7 heteroatoms. The second kappa shape index (κ2) is 6.27. The number of aliphatic hydroxyl groups excluding tert-OH is 1. The average Bonchev–Trinajstić information content (AvgIpc) is 2.60. The first kappa shape index (κ1) is 17.6. The summed E-state index contributed by atoms with van der Waals surface area (Å²) in [6, 6.07) is 4.87. The monoisotopic (exact) mass is 356 g/mol. The van der Waals surface area contributed by atoms with Crippen LogP contribution in [-0.4, -0.2) is 38.3 Å². The van der Waals surface area contributed by atoms with Crippen molar-refractivity contribution in [2.45, 2.75) is 19.4 Å². The number of phenols is 3. The Labute approximate surface area is 148 Å². The quantitative estimate of drug-likeness (QED) is 0.376. The molecule has 0 aromatic heterocycles. The third-order valence-electron chi connectivity index (χ3n) is 4.63. The fraction of sp³-hybridized carbons (Fsp3) is 0.211. The summed E-state index contributed by atoms with van der Waals surface area (Å²) in [5.74, 6) is -3.72. The zero-order valence-electron chi connectivity index (χ0n) is 13.8. The minimum atomic E-state index is -1.10. The maximum absolute atomic E-state index is 13.0. The molecule has 4 N–H and O–H groups in total. The molecule has 0 bridgehead atoms. The Morgan fingerprint density at radius 3 is 2.54 bits per heavy atom. The topological polar surface area (TPSA) is 132 Å². The van der Waals surface area contributed by atoms with E-state index < -0.39 is 46.4 Å². The van der Waals surface area contributed by atoms with E-state index in [0.29, 0.717) is 0 Å². The van der Waals surface area contributed by atoms with Gasteiger partial charge in [0.05, 0.1) is 17.2 Å². The molecule has 1 aliphatic carbocycles. The second-order valence-electron chi connectivity index (χ2n) is 6.32. The molecule has 0 spiro atoms. The summed E-state index contributed by atoms with van der Waals surface area (Å²) in [5, 5.41) is 40.3. The molecule has 2 aromatic carbocycles. The van der Waals surface area contributed by atoms with Crippen LogP contribution in [-0.2, 0) is 0 Å². The highest BCUT2D eigenvalue weighted by atomic mass is 16.3. The lowest BCUT2D eigenvalue weighted by Crippen LogP contribution is -2.26. The number of benzene rings is 2. The highest BCUT2D eigenvalue weighted by molar-refractivity contribution is 6.20. The molecule has 7 nitrogen and oxygen atoms in total. The molecular weight excluding hydrogens is 340 g/mol. The van der Waals surface area contributed by atoms with Gasteiger partial charge in [-0.3, -0.25) is 14.4 Å². The molecule has 0 saturated heterocycles. The van der Waals surface area contributed by atoms with Crippen LogP contribution in [0.15, 0.2) is 24.3 Å². The third-order valence-corrected chi connectivity index (χ3v) is 4.63. The minimum Gasteiger partial charge on any atom is -0.507 e. The molecule has 3 rings (SSSR count). The lowest BCUT2D eigenvalue weighted by atomic mass is 9.77. The van der Waals surface area contributed by atoms with Crippen LogP contribution in [0.2, 0.25) is 0 Å². The molecule has 0 radical (unpaired) electrons. The fourth-order valence-corrected chi connectivity index (χ4v) is 3.26. The van der Waals surface area contributed by atoms with Crippen molar-refractivity contribution < 1.29 is 34.8 Å². The molecule has 0 fully saturated rings. The number of fused-ring (bicyclic) bond motifs is 1. The molecule has 0 unspecified atom stereocenters. The lowest BCUT2D eigenvalue weighted by molar-refractivity contribution is 0.0743. The van der Waals surface area contributed by atoms with Gasteiger partial charge in [0.1, 0.15) is 5.75 Å². The van der Waals surface area contributed by atoms with Crippen molar-refractivity contribution in [1.29, 1.82) is 0 Å². The summed E-state index contributed by atoms with van der Waals surface area (Å²) < 4.78 is 0. The number of rotatable bonds is 3. The molecular formula is C19H16O7. The number of carbonyl (C=O) groups is 3. The van der Waals surface area contributed by atoms with E-state index >= 15 is 0 Å². The fourth-order valence-electron chi connectivity index (χ4n) is 3.26. The summed E-state index contributed by atoms with van der Waals surface area (Å²) in [5.41, 5.74) is -1.17. The Balaban J connectivity index is 2.31. The number of Topliss-reactive ketones (excluding diaryl/α,β-unsaturated/α-hetero) is 1. The molecule has 26 heavy (non-hydrogen) atoms. The van der Waals surface area contributed by atoms with Crippen LogP contribution in [0.4, 0.5) is 0 Å². The Kier molecular flexibility index (Phi) is 4.25. The zero-order chi connectivity index (χ0) is 19.2. The van der Waals surface area contributed by atoms with Gasteiger partial charge < -0.3 is 20.4 Å². The maximum atomic E-state index is 13.0. The van der Waals surface area contributed by atoms with Gasteiger partial charge in [-0.2, -0.15) is 0 Å². The number of aldehydes is 1. The maximum Gasteiger partial charge on any atom is 0.198 e. The van der Waals surface area contributed by atoms with Gasteiger partial charge in [-0.15, -0.1) is 0 Å². The Morgan fingerprint density at radius 2 is 1.88 bits per heavy atom. The largest absolute Gasteiger partial charge is 0.507 e. The Bertz CT molecular complexity index is 945. The molecule has 0 aliphatic heterocycles. The van der Waals surface area contributed by atoms with Crippen molar-refractivity contribution in [1.82, 2.24) is 0 Å². The van der Waals surface area contributed by atoms with E-state index in [-0.39, 0.29) is 35.0 Å². The summed E-state index contributed by atoms with van der Waals surface area (Å²) in [4.78, 5) is 36.7. The molecule has 2 atom stereocenters. The zero-order valence-corrected chi connectivity index (χ0v) is 13.8. The van der Waals surface area contributed by atoms with E-state index in [2.05, 4.69) is 0 Å². The van der Waals surface area contributed by atoms with Gasteiger partial charge in [0.2, 0.25) is 0 Å². The summed E-state index contributed by atoms with van der Waals surface area (Å²) in [7, 11) is 0. The summed E-state index contributed by atoms with van der Waals surface area (Å²) in [6.07, 6.45) is -0.859. The number of aliphatic hydroxyl groups is 1. The van der Waals surface area contributed by atoms with Gasteiger partial charge in [0, 0.05) is 17.5 Å². The van der Waals surface area contributed by atoms with Gasteiger partial charge in [0.15, 0.2) is 29.4 Å². The Morgan fingerprint density at radius 1 is 1.19 bits per heavy atom. The lowest BCUT2D eigenvalue weighted by Gasteiger charge is -2.28. The summed E-state index contributed by atoms with van der Waals surface area (Å²) in [6.45, 7) is 1.65. The SMILES string of the molecule is C[C@H]1CC(=O)c2c(cc(O)c(O)c2C(=O)c2cccc(O)c2C=O)[C@H]1O. The first-order valence-electron chi connectivity index (χ1n) is 7.89. The molecule has 2 aromatic rings.